The van der Waals surface area contributed by atoms with Crippen LogP contribution in [0.2, 0.25) is 0 Å². The van der Waals surface area contributed by atoms with E-state index in [1.165, 1.54) is 6.92 Å². The molecule has 2 aliphatic rings. The van der Waals surface area contributed by atoms with Gasteiger partial charge in [0.25, 0.3) is 0 Å². The van der Waals surface area contributed by atoms with Gasteiger partial charge in [-0.15, -0.1) is 0 Å². The third-order valence-corrected chi connectivity index (χ3v) is 3.64. The summed E-state index contributed by atoms with van der Waals surface area (Å²) in [6.45, 7) is 1.49. The van der Waals surface area contributed by atoms with Gasteiger partial charge in [0.05, 0.1) is 12.1 Å². The van der Waals surface area contributed by atoms with E-state index in [2.05, 4.69) is 5.32 Å². The number of nitrogens with two attached hydrogens (primary N) is 1. The van der Waals surface area contributed by atoms with Crippen molar-refractivity contribution in [3.05, 3.63) is 0 Å². The molecule has 1 amide bonds. The van der Waals surface area contributed by atoms with Gasteiger partial charge in [-0.1, -0.05) is 0 Å². The Balaban J connectivity index is 0.00000200. The van der Waals surface area contributed by atoms with E-state index >= 15 is 0 Å². The summed E-state index contributed by atoms with van der Waals surface area (Å²) in [7, 11) is 0. The van der Waals surface area contributed by atoms with Crippen molar-refractivity contribution in [2.75, 3.05) is 0 Å². The summed E-state index contributed by atoms with van der Waals surface area (Å²) in [5, 5.41) is 11.5. The summed E-state index contributed by atoms with van der Waals surface area (Å²) < 4.78 is 5.26. The molecular formula is C12H20N2O5Pb. The number of aliphatic carboxylic acids is 1. The van der Waals surface area contributed by atoms with Crippen LogP contribution in [-0.2, 0) is 19.1 Å². The molecular weight excluding hydrogens is 459 g/mol. The first-order chi connectivity index (χ1) is 8.90. The van der Waals surface area contributed by atoms with Crippen molar-refractivity contribution < 1.29 is 24.2 Å². The van der Waals surface area contributed by atoms with Crippen LogP contribution in [0.4, 0.5) is 0 Å². The Labute approximate surface area is 136 Å². The molecule has 1 aliphatic heterocycles. The first-order valence-electron chi connectivity index (χ1n) is 6.37. The van der Waals surface area contributed by atoms with E-state index in [0.717, 1.165) is 0 Å². The van der Waals surface area contributed by atoms with E-state index in [9.17, 15) is 14.4 Å². The maximum absolute atomic E-state index is 11.5. The molecule has 0 bridgehead atoms. The minimum absolute atomic E-state index is 0. The number of hydrogen-bond acceptors (Lipinski definition) is 5. The van der Waals surface area contributed by atoms with Crippen LogP contribution in [0.25, 0.3) is 0 Å². The Bertz CT molecular complexity index is 415. The third kappa shape index (κ3) is 3.98. The number of fused-ring (bicyclic) bond motifs is 1. The van der Waals surface area contributed by atoms with Crippen molar-refractivity contribution in [1.29, 1.82) is 0 Å². The van der Waals surface area contributed by atoms with Crippen molar-refractivity contribution in [1.82, 2.24) is 5.32 Å². The van der Waals surface area contributed by atoms with Gasteiger partial charge in [-0.05, 0) is 25.7 Å². The van der Waals surface area contributed by atoms with Crippen molar-refractivity contribution in [2.24, 2.45) is 11.7 Å². The Morgan fingerprint density at radius 3 is 2.75 bits per heavy atom. The van der Waals surface area contributed by atoms with Gasteiger partial charge >= 0.3 is 33.3 Å². The number of epoxide rings is 1. The zero-order valence-electron chi connectivity index (χ0n) is 11.4. The Morgan fingerprint density at radius 2 is 2.20 bits per heavy atom. The molecule has 7 nitrogen and oxygen atoms in total. The van der Waals surface area contributed by atoms with Gasteiger partial charge in [-0.2, -0.15) is 0 Å². The molecule has 112 valence electrons. The number of amides is 1. The maximum atomic E-state index is 11.5. The molecule has 2 fully saturated rings. The average Bonchev–Trinajstić information content (AvgIpc) is 3.11. The summed E-state index contributed by atoms with van der Waals surface area (Å²) in [6.07, 6.45) is 0.770. The Morgan fingerprint density at radius 1 is 1.55 bits per heavy atom. The van der Waals surface area contributed by atoms with Crippen molar-refractivity contribution in [3.63, 3.8) is 0 Å². The van der Waals surface area contributed by atoms with Crippen LogP contribution in [0.3, 0.4) is 0 Å². The van der Waals surface area contributed by atoms with E-state index in [0.29, 0.717) is 12.8 Å². The summed E-state index contributed by atoms with van der Waals surface area (Å²) in [5.41, 5.74) is 5.40. The van der Waals surface area contributed by atoms with Gasteiger partial charge in [0, 0.05) is 6.42 Å². The summed E-state index contributed by atoms with van der Waals surface area (Å²) in [6, 6.07) is -1.73. The number of nitrogens with one attached hydrogen (secondary N) is 1. The number of carbonyl (C=O) groups excluding carboxylic acids is 2. The van der Waals surface area contributed by atoms with Crippen LogP contribution in [0.1, 0.15) is 26.2 Å². The SMILES string of the molecule is C[C@H](N)C(=O)N[C@@H](C[C@H]1CCC(=O)[C@@H]2O[C@H]12)C(=O)O.[PbH2]. The number of carbonyl (C=O) groups is 3. The molecule has 20 heavy (non-hydrogen) atoms. The quantitative estimate of drug-likeness (QED) is 0.314. The van der Waals surface area contributed by atoms with Gasteiger partial charge in [0.2, 0.25) is 5.91 Å². The summed E-state index contributed by atoms with van der Waals surface area (Å²) >= 11 is 0. The fourth-order valence-corrected chi connectivity index (χ4v) is 2.45. The van der Waals surface area contributed by atoms with Crippen molar-refractivity contribution in [3.8, 4) is 0 Å². The first-order valence-corrected chi connectivity index (χ1v) is 6.37. The second-order valence-corrected chi connectivity index (χ2v) is 5.21. The van der Waals surface area contributed by atoms with E-state index in [1.807, 2.05) is 0 Å². The molecule has 0 aromatic rings. The van der Waals surface area contributed by atoms with E-state index in [4.69, 9.17) is 15.6 Å². The number of hydrogen-bond donors (Lipinski definition) is 3. The van der Waals surface area contributed by atoms with Gasteiger partial charge in [0.1, 0.15) is 12.1 Å². The average molecular weight is 480 g/mol. The van der Waals surface area contributed by atoms with E-state index in [1.54, 1.807) is 0 Å². The van der Waals surface area contributed by atoms with Gasteiger partial charge < -0.3 is 20.9 Å². The van der Waals surface area contributed by atoms with Crippen molar-refractivity contribution >= 4 is 45.0 Å². The van der Waals surface area contributed by atoms with Crippen LogP contribution < -0.4 is 11.1 Å². The van der Waals surface area contributed by atoms with E-state index < -0.39 is 24.0 Å². The molecule has 1 saturated heterocycles. The molecule has 1 saturated carbocycles. The fraction of sp³-hybridized carbons (Fsp3) is 0.750. The van der Waals surface area contributed by atoms with Gasteiger partial charge in [-0.3, -0.25) is 9.59 Å². The number of ether oxygens (including phenoxy) is 1. The van der Waals surface area contributed by atoms with Crippen LogP contribution in [0, 0.1) is 5.92 Å². The zero-order chi connectivity index (χ0) is 14.2. The molecule has 5 atom stereocenters. The standard InChI is InChI=1S/C12H18N2O5.Pb.2H/c1-5(13)11(16)14-7(12(17)18)4-6-2-3-8(15)10-9(6)19-10;;;/h5-7,9-10H,2-4,13H2,1H3,(H,14,16)(H,17,18);;;/t5-,6+,7-,9+,10-;;;/m0.../s1. The predicted molar refractivity (Wildman–Crippen MR) is 72.8 cm³/mol. The summed E-state index contributed by atoms with van der Waals surface area (Å²) in [5.74, 6) is -1.50. The van der Waals surface area contributed by atoms with Crippen molar-refractivity contribution in [2.45, 2.75) is 50.5 Å². The molecule has 1 aliphatic carbocycles. The molecule has 4 N–H and O–H groups in total. The number of Topliss-reactive ketones (excluding diaryl/α,β-unsaturated/α-hetero) is 1. The molecule has 0 aromatic heterocycles. The first kappa shape index (κ1) is 17.5. The Kier molecular flexibility index (Phi) is 6.08. The molecule has 1 heterocycles. The molecule has 2 radical (unpaired) electrons. The van der Waals surface area contributed by atoms with Crippen LogP contribution in [0.15, 0.2) is 0 Å². The van der Waals surface area contributed by atoms with E-state index in [-0.39, 0.29) is 57.6 Å². The normalized spacial score (nSPS) is 30.5. The molecule has 0 unspecified atom stereocenters. The predicted octanol–water partition coefficient (Wildman–Crippen LogP) is -1.88. The third-order valence-electron chi connectivity index (χ3n) is 3.64. The monoisotopic (exact) mass is 480 g/mol. The van der Waals surface area contributed by atoms with Crippen LogP contribution in [-0.4, -0.2) is 74.4 Å². The van der Waals surface area contributed by atoms with Gasteiger partial charge in [-0.25, -0.2) is 4.79 Å². The van der Waals surface area contributed by atoms with Crippen LogP contribution >= 0.6 is 0 Å². The molecule has 0 spiro atoms. The number of carboxylic acids is 1. The Hall–Kier alpha value is -0.548. The van der Waals surface area contributed by atoms with Gasteiger partial charge in [0.15, 0.2) is 5.78 Å². The fourth-order valence-electron chi connectivity index (χ4n) is 2.45. The molecule has 2 rings (SSSR count). The second kappa shape index (κ2) is 6.94. The number of carboxylic acid groups (broad SMARTS) is 1. The molecule has 8 heteroatoms. The molecule has 0 aromatic carbocycles. The number of ketones is 1. The summed E-state index contributed by atoms with van der Waals surface area (Å²) in [4.78, 5) is 34.0. The second-order valence-electron chi connectivity index (χ2n) is 5.21. The number of rotatable bonds is 5. The van der Waals surface area contributed by atoms with Crippen LogP contribution in [0.5, 0.6) is 0 Å². The zero-order valence-corrected chi connectivity index (χ0v) is 16.9. The minimum atomic E-state index is -1.09. The topological polar surface area (TPSA) is 122 Å².